The van der Waals surface area contributed by atoms with Crippen LogP contribution >= 0.6 is 11.8 Å². The molecule has 0 aromatic heterocycles. The van der Waals surface area contributed by atoms with Gasteiger partial charge in [-0.1, -0.05) is 39.8 Å². The number of aliphatic hydroxyl groups excluding tert-OH is 1. The molecule has 246 valence electrons. The molecule has 2 bridgehead atoms. The molecule has 0 unspecified atom stereocenters. The monoisotopic (exact) mass is 648 g/mol. The molecule has 3 fully saturated rings. The van der Waals surface area contributed by atoms with Gasteiger partial charge in [0.25, 0.3) is 5.91 Å². The molecule has 0 radical (unpaired) electrons. The average molecular weight is 649 g/mol. The Morgan fingerprint density at radius 3 is 2.61 bits per heavy atom. The van der Waals surface area contributed by atoms with Crippen molar-refractivity contribution in [2.75, 3.05) is 16.8 Å². The van der Waals surface area contributed by atoms with E-state index in [9.17, 15) is 29.5 Å². The highest BCUT2D eigenvalue weighted by Gasteiger charge is 2.68. The number of hydrogen-bond acceptors (Lipinski definition) is 9. The molecule has 6 N–H and O–H groups in total. The number of benzene rings is 2. The van der Waals surface area contributed by atoms with Gasteiger partial charge in [-0.25, -0.2) is 0 Å². The van der Waals surface area contributed by atoms with Gasteiger partial charge in [-0.05, 0) is 84.8 Å². The summed E-state index contributed by atoms with van der Waals surface area (Å²) >= 11 is 1.27. The molecule has 11 heteroatoms. The normalized spacial score (nSPS) is 33.7. The third kappa shape index (κ3) is 6.03. The van der Waals surface area contributed by atoms with Gasteiger partial charge in [0.05, 0.1) is 11.9 Å². The van der Waals surface area contributed by atoms with Crippen molar-refractivity contribution in [3.05, 3.63) is 60.7 Å². The lowest BCUT2D eigenvalue weighted by atomic mass is 9.44. The van der Waals surface area contributed by atoms with Crippen molar-refractivity contribution >= 4 is 53.4 Å². The van der Waals surface area contributed by atoms with Gasteiger partial charge in [-0.2, -0.15) is 0 Å². The van der Waals surface area contributed by atoms with Gasteiger partial charge in [-0.3, -0.25) is 14.4 Å². The third-order valence-corrected chi connectivity index (χ3v) is 12.5. The number of carbonyl (C=O) groups excluding carboxylic acids is 3. The van der Waals surface area contributed by atoms with E-state index in [-0.39, 0.29) is 51.4 Å². The maximum Gasteiger partial charge on any atom is 0.488 e. The Morgan fingerprint density at radius 1 is 1.17 bits per heavy atom. The van der Waals surface area contributed by atoms with Gasteiger partial charge in [0.15, 0.2) is 0 Å². The first-order valence-electron chi connectivity index (χ1n) is 16.0. The van der Waals surface area contributed by atoms with Gasteiger partial charge in [-0.15, -0.1) is 18.3 Å². The number of Topliss-reactive ketones (excluding diaryl/α,β-unsaturated/α-hetero) is 1. The largest absolute Gasteiger partial charge is 0.488 e. The molecule has 2 aromatic carbocycles. The Balaban J connectivity index is 1.33. The number of ketones is 1. The second-order valence-corrected chi connectivity index (χ2v) is 15.1. The van der Waals surface area contributed by atoms with E-state index < -0.39 is 42.0 Å². The molecule has 9 nitrogen and oxygen atoms in total. The quantitative estimate of drug-likeness (QED) is 0.0930. The summed E-state index contributed by atoms with van der Waals surface area (Å²) in [6.45, 7) is 12.4. The average Bonchev–Trinajstić information content (AvgIpc) is 3.38. The lowest BCUT2D eigenvalue weighted by molar-refractivity contribution is -0.205. The van der Waals surface area contributed by atoms with Crippen molar-refractivity contribution in [1.82, 2.24) is 0 Å². The smallest absolute Gasteiger partial charge is 0.461 e. The molecule has 5 rings (SSSR count). The number of nitrogen functional groups attached to an aromatic ring is 1. The van der Waals surface area contributed by atoms with Crippen LogP contribution in [0.15, 0.2) is 60.0 Å². The van der Waals surface area contributed by atoms with Crippen molar-refractivity contribution < 1.29 is 34.3 Å². The Hall–Kier alpha value is -3.12. The molecular weight excluding hydrogens is 603 g/mol. The van der Waals surface area contributed by atoms with Gasteiger partial charge >= 0.3 is 13.1 Å². The van der Waals surface area contributed by atoms with Crippen molar-refractivity contribution in [2.24, 2.45) is 34.0 Å². The zero-order chi connectivity index (χ0) is 33.6. The molecule has 1 amide bonds. The first-order chi connectivity index (χ1) is 21.6. The maximum atomic E-state index is 13.6. The fraction of sp³-hybridized carbons (Fsp3) is 0.514. The molecule has 3 aliphatic rings. The second-order valence-electron chi connectivity index (χ2n) is 14.1. The molecule has 46 heavy (non-hydrogen) atoms. The number of carbonyl (C=O) groups is 3. The fourth-order valence-electron chi connectivity index (χ4n) is 8.66. The Kier molecular flexibility index (Phi) is 9.54. The van der Waals surface area contributed by atoms with Crippen LogP contribution in [-0.4, -0.2) is 57.9 Å². The summed E-state index contributed by atoms with van der Waals surface area (Å²) in [4.78, 5) is 40.8. The van der Waals surface area contributed by atoms with E-state index >= 15 is 0 Å². The van der Waals surface area contributed by atoms with Crippen molar-refractivity contribution in [1.29, 1.82) is 0 Å². The van der Waals surface area contributed by atoms with Crippen molar-refractivity contribution in [3.63, 3.8) is 0 Å². The highest BCUT2D eigenvalue weighted by atomic mass is 32.2. The number of thioether (sulfide) groups is 1. The number of aliphatic hydroxyl groups is 1. The van der Waals surface area contributed by atoms with Crippen LogP contribution in [0.5, 0.6) is 0 Å². The number of nitrogens with two attached hydrogens (primary N) is 1. The Bertz CT molecular complexity index is 1540. The van der Waals surface area contributed by atoms with E-state index in [4.69, 9.17) is 10.5 Å². The number of nitrogens with one attached hydrogen (secondary N) is 1. The maximum absolute atomic E-state index is 13.6. The predicted octanol–water partition coefficient (Wildman–Crippen LogP) is 4.20. The van der Waals surface area contributed by atoms with Crippen molar-refractivity contribution in [3.8, 4) is 0 Å². The molecule has 0 spiro atoms. The van der Waals surface area contributed by atoms with E-state index in [0.717, 1.165) is 24.2 Å². The van der Waals surface area contributed by atoms with Crippen molar-refractivity contribution in [2.45, 2.75) is 76.9 Å². The summed E-state index contributed by atoms with van der Waals surface area (Å²) in [6, 6.07) is 11.2. The van der Waals surface area contributed by atoms with Crippen LogP contribution in [0.1, 0.15) is 70.2 Å². The summed E-state index contributed by atoms with van der Waals surface area (Å²) < 4.78 is 6.34. The van der Waals surface area contributed by atoms with Crippen LogP contribution in [-0.2, 0) is 14.3 Å². The van der Waals surface area contributed by atoms with Gasteiger partial charge in [0.2, 0.25) is 0 Å². The van der Waals surface area contributed by atoms with Crippen LogP contribution < -0.4 is 16.5 Å². The predicted molar refractivity (Wildman–Crippen MR) is 180 cm³/mol. The highest BCUT2D eigenvalue weighted by molar-refractivity contribution is 8.00. The number of esters is 1. The second kappa shape index (κ2) is 12.8. The summed E-state index contributed by atoms with van der Waals surface area (Å²) in [5.41, 5.74) is 5.20. The van der Waals surface area contributed by atoms with E-state index in [0.29, 0.717) is 18.5 Å². The molecular formula is C35H45BN2O7S. The summed E-state index contributed by atoms with van der Waals surface area (Å²) in [5.74, 6) is -0.901. The summed E-state index contributed by atoms with van der Waals surface area (Å²) in [7, 11) is -1.76. The molecule has 2 aromatic rings. The molecule has 3 aliphatic carbocycles. The zero-order valence-electron chi connectivity index (χ0n) is 27.0. The minimum atomic E-state index is -1.76. The van der Waals surface area contributed by atoms with E-state index in [1.165, 1.54) is 30.0 Å². The lowest BCUT2D eigenvalue weighted by Gasteiger charge is -2.61. The fourth-order valence-corrected chi connectivity index (χ4v) is 9.40. The molecule has 8 atom stereocenters. The number of amides is 1. The lowest BCUT2D eigenvalue weighted by Crippen LogP contribution is -2.63. The zero-order valence-corrected chi connectivity index (χ0v) is 27.8. The van der Waals surface area contributed by atoms with E-state index in [2.05, 4.69) is 32.7 Å². The van der Waals surface area contributed by atoms with Crippen LogP contribution in [0.2, 0.25) is 0 Å². The van der Waals surface area contributed by atoms with Crippen LogP contribution in [0.25, 0.3) is 0 Å². The topological polar surface area (TPSA) is 159 Å². The minimum Gasteiger partial charge on any atom is -0.461 e. The van der Waals surface area contributed by atoms with E-state index in [1.807, 2.05) is 13.0 Å². The number of hydrogen-bond donors (Lipinski definition) is 5. The van der Waals surface area contributed by atoms with Gasteiger partial charge in [0.1, 0.15) is 11.9 Å². The van der Waals surface area contributed by atoms with Crippen LogP contribution in [0, 0.1) is 34.0 Å². The summed E-state index contributed by atoms with van der Waals surface area (Å²) in [6.07, 6.45) is 3.86. The molecule has 0 saturated heterocycles. The van der Waals surface area contributed by atoms with Gasteiger partial charge < -0.3 is 30.9 Å². The molecule has 0 heterocycles. The molecule has 3 saturated carbocycles. The SMILES string of the molecule is C=C[C@]1(C)C[C@@H](OC(=O)CSc2cccc(NC(=O)c3cc(N)cc(B(O)O)c3)c2)[C@]2(C)[C@H](C)CC[C@]3(CCC(=O)[C@H]32)[C@@H](C)[C@@H]1O. The Morgan fingerprint density at radius 2 is 1.91 bits per heavy atom. The standard InChI is InChI=1S/C35H45BN2O7S/c1-6-33(4)18-28(34(5)20(2)10-12-35(21(3)31(33)41)13-11-27(39)30(34)35)45-29(40)19-46-26-9-7-8-25(17-26)38-32(42)22-14-23(36(43)44)16-24(37)15-22/h6-9,14-17,20-21,28,30-31,41,43-44H,1,10-13,18-19,37H2,2-5H3,(H,38,42)/t20-,21+,28-,30+,31+,33-,34+,35+/m1/s1. The third-order valence-electron chi connectivity index (χ3n) is 11.6. The first-order valence-corrected chi connectivity index (χ1v) is 17.0. The van der Waals surface area contributed by atoms with Gasteiger partial charge in [0, 0.05) is 45.0 Å². The Labute approximate surface area is 275 Å². The van der Waals surface area contributed by atoms with Crippen LogP contribution in [0.4, 0.5) is 11.4 Å². The highest BCUT2D eigenvalue weighted by Crippen LogP contribution is 2.68. The van der Waals surface area contributed by atoms with Crippen LogP contribution in [0.3, 0.4) is 0 Å². The number of ether oxygens (including phenoxy) is 1. The number of rotatable bonds is 8. The number of anilines is 2. The van der Waals surface area contributed by atoms with E-state index in [1.54, 1.807) is 24.3 Å². The minimum absolute atomic E-state index is 0.0127. The first kappa shape index (κ1) is 34.2. The molecule has 0 aliphatic heterocycles. The summed E-state index contributed by atoms with van der Waals surface area (Å²) in [5, 5.41) is 33.5.